The molecule has 0 saturated heterocycles. The number of esters is 1. The molecule has 0 atom stereocenters. The minimum atomic E-state index is -0.937. The molecule has 0 fully saturated rings. The molecule has 1 N–H and O–H groups in total. The van der Waals surface area contributed by atoms with Gasteiger partial charge in [-0.2, -0.15) is 0 Å². The number of hydrogen-bond donors (Lipinski definition) is 1. The van der Waals surface area contributed by atoms with Crippen molar-refractivity contribution in [2.75, 3.05) is 11.9 Å². The normalized spacial score (nSPS) is 12.1. The first-order valence-electron chi connectivity index (χ1n) is 9.21. The molecule has 0 aliphatic heterocycles. The number of nitrogens with one attached hydrogen (secondary N) is 1. The van der Waals surface area contributed by atoms with E-state index in [1.165, 1.54) is 24.3 Å². The lowest BCUT2D eigenvalue weighted by molar-refractivity contribution is -0.119. The van der Waals surface area contributed by atoms with Crippen LogP contribution in [-0.4, -0.2) is 30.0 Å². The molecule has 0 heterocycles. The van der Waals surface area contributed by atoms with E-state index in [-0.39, 0.29) is 54.6 Å². The van der Waals surface area contributed by atoms with Gasteiger partial charge in [-0.05, 0) is 18.2 Å². The number of carbonyl (C=O) groups is 4. The summed E-state index contributed by atoms with van der Waals surface area (Å²) in [5.74, 6) is -2.36. The van der Waals surface area contributed by atoms with Gasteiger partial charge < -0.3 is 10.1 Å². The van der Waals surface area contributed by atoms with Gasteiger partial charge in [-0.25, -0.2) is 4.79 Å². The van der Waals surface area contributed by atoms with Crippen molar-refractivity contribution in [1.29, 1.82) is 0 Å². The number of halogens is 3. The molecule has 0 aromatic heterocycles. The summed E-state index contributed by atoms with van der Waals surface area (Å²) in [5.41, 5.74) is 0.789. The van der Waals surface area contributed by atoms with E-state index < -0.39 is 18.5 Å². The average molecular weight is 489 g/mol. The number of hydrogen-bond acceptors (Lipinski definition) is 5. The smallest absolute Gasteiger partial charge is 0.341 e. The molecule has 1 aliphatic rings. The second-order valence-corrected chi connectivity index (χ2v) is 7.97. The van der Waals surface area contributed by atoms with Gasteiger partial charge in [-0.15, -0.1) is 0 Å². The first-order valence-corrected chi connectivity index (χ1v) is 10.3. The van der Waals surface area contributed by atoms with Gasteiger partial charge in [0, 0.05) is 16.7 Å². The SMILES string of the molecule is O=C(COC(=O)c1c(Cl)ccc(Cl)c1Cl)Nc1cccc2c1C(=O)c1ccccc1C2=O. The Morgan fingerprint density at radius 3 is 2.12 bits per heavy atom. The van der Waals surface area contributed by atoms with Crippen molar-refractivity contribution in [3.8, 4) is 0 Å². The van der Waals surface area contributed by atoms with E-state index in [1.54, 1.807) is 30.3 Å². The van der Waals surface area contributed by atoms with Crippen molar-refractivity contribution in [3.63, 3.8) is 0 Å². The number of benzene rings is 3. The average Bonchev–Trinajstić information content (AvgIpc) is 2.79. The summed E-state index contributed by atoms with van der Waals surface area (Å²) in [6.07, 6.45) is 0. The fraction of sp³-hybridized carbons (Fsp3) is 0.0435. The summed E-state index contributed by atoms with van der Waals surface area (Å²) < 4.78 is 5.00. The molecule has 3 aromatic carbocycles. The Bertz CT molecular complexity index is 1320. The Hall–Kier alpha value is -3.19. The molecule has 3 aromatic rings. The van der Waals surface area contributed by atoms with Crippen LogP contribution >= 0.6 is 34.8 Å². The van der Waals surface area contributed by atoms with Crippen LogP contribution in [0.25, 0.3) is 0 Å². The Balaban J connectivity index is 1.53. The molecule has 4 rings (SSSR count). The lowest BCUT2D eigenvalue weighted by atomic mass is 9.83. The lowest BCUT2D eigenvalue weighted by Gasteiger charge is -2.20. The number of anilines is 1. The monoisotopic (exact) mass is 487 g/mol. The largest absolute Gasteiger partial charge is 0.452 e. The third kappa shape index (κ3) is 3.88. The lowest BCUT2D eigenvalue weighted by Crippen LogP contribution is -2.26. The first-order chi connectivity index (χ1) is 15.3. The van der Waals surface area contributed by atoms with Crippen LogP contribution < -0.4 is 5.32 Å². The van der Waals surface area contributed by atoms with Crippen LogP contribution in [0.5, 0.6) is 0 Å². The maximum absolute atomic E-state index is 13.0. The van der Waals surface area contributed by atoms with Crippen molar-refractivity contribution in [1.82, 2.24) is 0 Å². The zero-order chi connectivity index (χ0) is 23.0. The molecule has 0 bridgehead atoms. The van der Waals surface area contributed by atoms with E-state index in [4.69, 9.17) is 39.5 Å². The minimum absolute atomic E-state index is 0.0183. The Kier molecular flexibility index (Phi) is 6.02. The number of carbonyl (C=O) groups excluding carboxylic acids is 4. The first kappa shape index (κ1) is 22.0. The number of amides is 1. The Labute approximate surface area is 197 Å². The van der Waals surface area contributed by atoms with Crippen molar-refractivity contribution in [2.24, 2.45) is 0 Å². The highest BCUT2D eigenvalue weighted by Crippen LogP contribution is 2.33. The molecule has 0 spiro atoms. The predicted molar refractivity (Wildman–Crippen MR) is 120 cm³/mol. The van der Waals surface area contributed by atoms with Gasteiger partial charge in [-0.3, -0.25) is 14.4 Å². The molecular weight excluding hydrogens is 477 g/mol. The standard InChI is InChI=1S/C23H12Cl3NO5/c24-14-8-9-15(25)20(26)19(14)23(31)32-10-17(28)27-16-7-3-6-13-18(16)22(30)12-5-2-1-4-11(12)21(13)29/h1-9H,10H2,(H,27,28). The molecule has 6 nitrogen and oxygen atoms in total. The van der Waals surface area contributed by atoms with Gasteiger partial charge in [0.05, 0.1) is 31.9 Å². The number of fused-ring (bicyclic) bond motifs is 2. The summed E-state index contributed by atoms with van der Waals surface area (Å²) in [7, 11) is 0. The minimum Gasteiger partial charge on any atom is -0.452 e. The number of rotatable bonds is 4. The molecule has 32 heavy (non-hydrogen) atoms. The van der Waals surface area contributed by atoms with Crippen LogP contribution in [-0.2, 0) is 9.53 Å². The second kappa shape index (κ2) is 8.74. The zero-order valence-corrected chi connectivity index (χ0v) is 18.3. The van der Waals surface area contributed by atoms with Gasteiger partial charge in [0.25, 0.3) is 5.91 Å². The van der Waals surface area contributed by atoms with Crippen LogP contribution in [0.1, 0.15) is 42.2 Å². The molecule has 0 unspecified atom stereocenters. The van der Waals surface area contributed by atoms with E-state index in [9.17, 15) is 19.2 Å². The third-order valence-electron chi connectivity index (χ3n) is 4.81. The third-order valence-corrected chi connectivity index (χ3v) is 5.93. The fourth-order valence-electron chi connectivity index (χ4n) is 3.35. The number of ether oxygens (including phenoxy) is 1. The molecule has 0 saturated carbocycles. The molecule has 160 valence electrons. The van der Waals surface area contributed by atoms with Gasteiger partial charge in [0.15, 0.2) is 18.2 Å². The van der Waals surface area contributed by atoms with Crippen LogP contribution in [0.4, 0.5) is 5.69 Å². The molecule has 0 radical (unpaired) electrons. The van der Waals surface area contributed by atoms with Crippen molar-refractivity contribution < 1.29 is 23.9 Å². The van der Waals surface area contributed by atoms with E-state index >= 15 is 0 Å². The van der Waals surface area contributed by atoms with Crippen LogP contribution in [0.3, 0.4) is 0 Å². The van der Waals surface area contributed by atoms with Crippen LogP contribution in [0, 0.1) is 0 Å². The summed E-state index contributed by atoms with van der Waals surface area (Å²) in [6.45, 7) is -0.680. The Morgan fingerprint density at radius 2 is 1.41 bits per heavy atom. The van der Waals surface area contributed by atoms with E-state index in [1.807, 2.05) is 0 Å². The highest BCUT2D eigenvalue weighted by Gasteiger charge is 2.31. The summed E-state index contributed by atoms with van der Waals surface area (Å²) in [4.78, 5) is 50.5. The van der Waals surface area contributed by atoms with Gasteiger partial charge in [-0.1, -0.05) is 71.2 Å². The maximum Gasteiger partial charge on any atom is 0.341 e. The molecule has 9 heteroatoms. The van der Waals surface area contributed by atoms with Gasteiger partial charge in [0.2, 0.25) is 0 Å². The highest BCUT2D eigenvalue weighted by molar-refractivity contribution is 6.46. The van der Waals surface area contributed by atoms with E-state index in [0.717, 1.165) is 0 Å². The Morgan fingerprint density at radius 1 is 0.781 bits per heavy atom. The summed E-state index contributed by atoms with van der Waals surface area (Å²) >= 11 is 17.9. The summed E-state index contributed by atoms with van der Waals surface area (Å²) in [5, 5.41) is 2.55. The molecular formula is C23H12Cl3NO5. The van der Waals surface area contributed by atoms with Crippen LogP contribution in [0.15, 0.2) is 54.6 Å². The number of ketones is 2. The predicted octanol–water partition coefficient (Wildman–Crippen LogP) is 5.22. The van der Waals surface area contributed by atoms with E-state index in [2.05, 4.69) is 5.32 Å². The van der Waals surface area contributed by atoms with Crippen molar-refractivity contribution in [2.45, 2.75) is 0 Å². The van der Waals surface area contributed by atoms with Crippen molar-refractivity contribution >= 4 is 63.9 Å². The summed E-state index contributed by atoms with van der Waals surface area (Å²) in [6, 6.07) is 13.8. The van der Waals surface area contributed by atoms with E-state index in [0.29, 0.717) is 5.56 Å². The quantitative estimate of drug-likeness (QED) is 0.314. The van der Waals surface area contributed by atoms with Crippen molar-refractivity contribution in [3.05, 3.63) is 97.5 Å². The second-order valence-electron chi connectivity index (χ2n) is 6.77. The zero-order valence-electron chi connectivity index (χ0n) is 16.1. The van der Waals surface area contributed by atoms with Gasteiger partial charge >= 0.3 is 5.97 Å². The van der Waals surface area contributed by atoms with Crippen LogP contribution in [0.2, 0.25) is 15.1 Å². The highest BCUT2D eigenvalue weighted by atomic mass is 35.5. The fourth-order valence-corrected chi connectivity index (χ4v) is 4.04. The maximum atomic E-state index is 13.0. The molecule has 1 aliphatic carbocycles. The van der Waals surface area contributed by atoms with Gasteiger partial charge in [0.1, 0.15) is 0 Å². The molecule has 1 amide bonds. The topological polar surface area (TPSA) is 89.5 Å².